The summed E-state index contributed by atoms with van der Waals surface area (Å²) in [5.74, 6) is 2.46. The molecule has 2 aliphatic carbocycles. The Kier molecular flexibility index (Phi) is 4.47. The zero-order chi connectivity index (χ0) is 16.7. The van der Waals surface area contributed by atoms with Gasteiger partial charge in [0, 0.05) is 18.6 Å². The molecule has 1 saturated heterocycles. The molecule has 0 spiro atoms. The number of piperidine rings is 1. The number of hydrogen-bond acceptors (Lipinski definition) is 3. The van der Waals surface area contributed by atoms with Gasteiger partial charge in [-0.1, -0.05) is 12.2 Å². The van der Waals surface area contributed by atoms with Crippen LogP contribution < -0.4 is 5.32 Å². The van der Waals surface area contributed by atoms with E-state index in [1.54, 1.807) is 0 Å². The van der Waals surface area contributed by atoms with Crippen molar-refractivity contribution in [1.82, 2.24) is 10.2 Å². The molecule has 0 aromatic carbocycles. The maximum absolute atomic E-state index is 12.2. The van der Waals surface area contributed by atoms with E-state index in [1.807, 2.05) is 25.7 Å². The SMILES string of the molecule is CC1(NCC2CC3C=CC2C3)CCN(C(=O)OC(C)(C)C)CC1. The number of allylic oxidation sites excluding steroid dienone is 2. The van der Waals surface area contributed by atoms with Crippen LogP contribution in [0.1, 0.15) is 53.4 Å². The molecule has 4 nitrogen and oxygen atoms in total. The highest BCUT2D eigenvalue weighted by Gasteiger charge is 2.38. The number of carbonyl (C=O) groups excluding carboxylic acids is 1. The fourth-order valence-corrected chi connectivity index (χ4v) is 4.19. The van der Waals surface area contributed by atoms with Crippen LogP contribution in [0.4, 0.5) is 4.79 Å². The summed E-state index contributed by atoms with van der Waals surface area (Å²) in [6.45, 7) is 10.8. The molecule has 0 aromatic rings. The van der Waals surface area contributed by atoms with Gasteiger partial charge in [0.15, 0.2) is 0 Å². The van der Waals surface area contributed by atoms with Gasteiger partial charge in [0.1, 0.15) is 5.60 Å². The molecule has 3 atom stereocenters. The van der Waals surface area contributed by atoms with Gasteiger partial charge in [-0.15, -0.1) is 0 Å². The standard InChI is InChI=1S/C19H32N2O2/c1-18(2,3)23-17(22)21-9-7-19(4,8-10-21)20-13-16-12-14-5-6-15(16)11-14/h5-6,14-16,20H,7-13H2,1-4H3. The van der Waals surface area contributed by atoms with Crippen molar-refractivity contribution in [2.75, 3.05) is 19.6 Å². The predicted octanol–water partition coefficient (Wildman–Crippen LogP) is 3.58. The lowest BCUT2D eigenvalue weighted by Crippen LogP contribution is -2.54. The van der Waals surface area contributed by atoms with Gasteiger partial charge in [0.25, 0.3) is 0 Å². The number of fused-ring (bicyclic) bond motifs is 2. The van der Waals surface area contributed by atoms with Gasteiger partial charge < -0.3 is 15.0 Å². The van der Waals surface area contributed by atoms with Crippen molar-refractivity contribution in [1.29, 1.82) is 0 Å². The maximum atomic E-state index is 12.2. The summed E-state index contributed by atoms with van der Waals surface area (Å²) in [6.07, 6.45) is 9.39. The van der Waals surface area contributed by atoms with E-state index in [1.165, 1.54) is 12.8 Å². The first-order valence-corrected chi connectivity index (χ1v) is 9.15. The summed E-state index contributed by atoms with van der Waals surface area (Å²) >= 11 is 0. The minimum absolute atomic E-state index is 0.157. The number of ether oxygens (including phenoxy) is 1. The molecule has 1 aliphatic heterocycles. The van der Waals surface area contributed by atoms with E-state index in [4.69, 9.17) is 4.74 Å². The van der Waals surface area contributed by atoms with Gasteiger partial charge in [-0.05, 0) is 77.7 Å². The number of amides is 1. The Balaban J connectivity index is 1.44. The van der Waals surface area contributed by atoms with Crippen LogP contribution in [0.3, 0.4) is 0 Å². The summed E-state index contributed by atoms with van der Waals surface area (Å²) in [4.78, 5) is 14.0. The summed E-state index contributed by atoms with van der Waals surface area (Å²) in [5, 5.41) is 3.82. The fourth-order valence-electron chi connectivity index (χ4n) is 4.19. The highest BCUT2D eigenvalue weighted by atomic mass is 16.6. The zero-order valence-corrected chi connectivity index (χ0v) is 15.1. The molecule has 4 heteroatoms. The summed E-state index contributed by atoms with van der Waals surface area (Å²) < 4.78 is 5.48. The Bertz CT molecular complexity index is 472. The Morgan fingerprint density at radius 3 is 2.48 bits per heavy atom. The Labute approximate surface area is 140 Å². The second-order valence-electron chi connectivity index (χ2n) is 8.95. The molecular weight excluding hydrogens is 288 g/mol. The van der Waals surface area contributed by atoms with Gasteiger partial charge >= 0.3 is 6.09 Å². The molecule has 2 fully saturated rings. The van der Waals surface area contributed by atoms with Crippen LogP contribution in [0.15, 0.2) is 12.2 Å². The number of carbonyl (C=O) groups is 1. The Hall–Kier alpha value is -1.03. The molecule has 3 rings (SSSR count). The van der Waals surface area contributed by atoms with E-state index in [0.29, 0.717) is 0 Å². The van der Waals surface area contributed by atoms with Gasteiger partial charge in [-0.2, -0.15) is 0 Å². The molecule has 1 N–H and O–H groups in total. The molecule has 1 amide bonds. The largest absolute Gasteiger partial charge is 0.444 e. The second-order valence-corrected chi connectivity index (χ2v) is 8.95. The quantitative estimate of drug-likeness (QED) is 0.808. The molecule has 3 unspecified atom stereocenters. The first kappa shape index (κ1) is 16.8. The minimum Gasteiger partial charge on any atom is -0.444 e. The van der Waals surface area contributed by atoms with Gasteiger partial charge in [0.05, 0.1) is 0 Å². The van der Waals surface area contributed by atoms with E-state index in [2.05, 4.69) is 24.4 Å². The molecule has 0 aromatic heterocycles. The van der Waals surface area contributed by atoms with Crippen molar-refractivity contribution in [2.24, 2.45) is 17.8 Å². The minimum atomic E-state index is -0.411. The lowest BCUT2D eigenvalue weighted by Gasteiger charge is -2.41. The Morgan fingerprint density at radius 1 is 1.26 bits per heavy atom. The van der Waals surface area contributed by atoms with Crippen LogP contribution in [0.2, 0.25) is 0 Å². The smallest absolute Gasteiger partial charge is 0.410 e. The van der Waals surface area contributed by atoms with Crippen LogP contribution in [0.25, 0.3) is 0 Å². The molecule has 1 heterocycles. The van der Waals surface area contributed by atoms with Crippen LogP contribution in [0.5, 0.6) is 0 Å². The van der Waals surface area contributed by atoms with Crippen LogP contribution >= 0.6 is 0 Å². The highest BCUT2D eigenvalue weighted by molar-refractivity contribution is 5.68. The van der Waals surface area contributed by atoms with E-state index in [-0.39, 0.29) is 11.6 Å². The molecule has 2 bridgehead atoms. The highest BCUT2D eigenvalue weighted by Crippen LogP contribution is 2.43. The number of nitrogens with zero attached hydrogens (tertiary/aromatic N) is 1. The average molecular weight is 320 g/mol. The number of hydrogen-bond donors (Lipinski definition) is 1. The second kappa shape index (κ2) is 6.12. The normalized spacial score (nSPS) is 32.3. The number of rotatable bonds is 3. The molecular formula is C19H32N2O2. The van der Waals surface area contributed by atoms with E-state index < -0.39 is 5.60 Å². The lowest BCUT2D eigenvalue weighted by molar-refractivity contribution is 0.0155. The molecule has 1 saturated carbocycles. The lowest BCUT2D eigenvalue weighted by atomic mass is 9.87. The third kappa shape index (κ3) is 4.09. The van der Waals surface area contributed by atoms with Crippen LogP contribution in [-0.4, -0.2) is 41.8 Å². The summed E-state index contributed by atoms with van der Waals surface area (Å²) in [5.41, 5.74) is -0.255. The topological polar surface area (TPSA) is 41.6 Å². The maximum Gasteiger partial charge on any atom is 0.410 e. The Morgan fingerprint density at radius 2 is 1.96 bits per heavy atom. The summed E-state index contributed by atoms with van der Waals surface area (Å²) in [6, 6.07) is 0. The third-order valence-corrected chi connectivity index (χ3v) is 5.73. The van der Waals surface area contributed by atoms with Gasteiger partial charge in [0.2, 0.25) is 0 Å². The van der Waals surface area contributed by atoms with Crippen molar-refractivity contribution >= 4 is 6.09 Å². The van der Waals surface area contributed by atoms with Crippen LogP contribution in [0, 0.1) is 17.8 Å². The fraction of sp³-hybridized carbons (Fsp3) is 0.842. The van der Waals surface area contributed by atoms with Gasteiger partial charge in [-0.3, -0.25) is 0 Å². The van der Waals surface area contributed by atoms with Crippen molar-refractivity contribution in [2.45, 2.75) is 64.5 Å². The van der Waals surface area contributed by atoms with Crippen LogP contribution in [-0.2, 0) is 4.74 Å². The molecule has 130 valence electrons. The molecule has 0 radical (unpaired) electrons. The van der Waals surface area contributed by atoms with Crippen molar-refractivity contribution in [3.8, 4) is 0 Å². The summed E-state index contributed by atoms with van der Waals surface area (Å²) in [7, 11) is 0. The van der Waals surface area contributed by atoms with Crippen molar-refractivity contribution < 1.29 is 9.53 Å². The third-order valence-electron chi connectivity index (χ3n) is 5.73. The van der Waals surface area contributed by atoms with Gasteiger partial charge in [-0.25, -0.2) is 4.79 Å². The van der Waals surface area contributed by atoms with Crippen molar-refractivity contribution in [3.63, 3.8) is 0 Å². The average Bonchev–Trinajstić information content (AvgIpc) is 3.06. The monoisotopic (exact) mass is 320 g/mol. The predicted molar refractivity (Wildman–Crippen MR) is 92.3 cm³/mol. The molecule has 23 heavy (non-hydrogen) atoms. The van der Waals surface area contributed by atoms with E-state index >= 15 is 0 Å². The number of likely N-dealkylation sites (tertiary alicyclic amines) is 1. The number of nitrogens with one attached hydrogen (secondary N) is 1. The molecule has 3 aliphatic rings. The first-order valence-electron chi connectivity index (χ1n) is 9.15. The van der Waals surface area contributed by atoms with Crippen molar-refractivity contribution in [3.05, 3.63) is 12.2 Å². The zero-order valence-electron chi connectivity index (χ0n) is 15.1. The first-order chi connectivity index (χ1) is 10.7. The van der Waals surface area contributed by atoms with E-state index in [9.17, 15) is 4.79 Å². The van der Waals surface area contributed by atoms with E-state index in [0.717, 1.165) is 50.2 Å².